The molecule has 4 N–H and O–H groups in total. The third-order valence-corrected chi connectivity index (χ3v) is 5.43. The predicted octanol–water partition coefficient (Wildman–Crippen LogP) is 3.19. The third kappa shape index (κ3) is 10.3. The number of hydrogen-bond donors (Lipinski definition) is 4. The quantitative estimate of drug-likeness (QED) is 0.217. The van der Waals surface area contributed by atoms with Crippen molar-refractivity contribution in [2.75, 3.05) is 18.4 Å². The molecular weight excluding hydrogens is 486 g/mol. The number of nitrogens with zero attached hydrogens (tertiary/aromatic N) is 1. The molecule has 3 aromatic rings. The van der Waals surface area contributed by atoms with E-state index in [9.17, 15) is 23.9 Å². The Morgan fingerprint density at radius 3 is 2.46 bits per heavy atom. The van der Waals surface area contributed by atoms with Crippen LogP contribution in [0.2, 0.25) is 0 Å². The Bertz CT molecular complexity index is 1210. The number of benzene rings is 2. The maximum absolute atomic E-state index is 13.2. The van der Waals surface area contributed by atoms with Gasteiger partial charge in [0.05, 0.1) is 19.0 Å². The number of amides is 2. The van der Waals surface area contributed by atoms with E-state index in [0.717, 1.165) is 22.5 Å². The fourth-order valence-electron chi connectivity index (χ4n) is 3.62. The molecular formula is C27H30FN4NaO4. The molecule has 0 fully saturated rings. The van der Waals surface area contributed by atoms with Gasteiger partial charge in [0.15, 0.2) is 0 Å². The zero-order valence-electron chi connectivity index (χ0n) is 20.0. The normalized spacial score (nSPS) is 11.1. The van der Waals surface area contributed by atoms with Crippen molar-refractivity contribution in [1.29, 1.82) is 0 Å². The van der Waals surface area contributed by atoms with Gasteiger partial charge in [-0.2, -0.15) is 0 Å². The summed E-state index contributed by atoms with van der Waals surface area (Å²) in [6.07, 6.45) is 2.16. The number of rotatable bonds is 12. The number of hydrogen-bond acceptors (Lipinski definition) is 5. The molecule has 2 aromatic carbocycles. The zero-order chi connectivity index (χ0) is 25.9. The number of halogens is 1. The van der Waals surface area contributed by atoms with Crippen molar-refractivity contribution in [2.45, 2.75) is 32.2 Å². The second-order valence-electron chi connectivity index (χ2n) is 8.38. The number of pyridine rings is 1. The number of anilines is 1. The van der Waals surface area contributed by atoms with Gasteiger partial charge in [-0.3, -0.25) is 14.4 Å². The summed E-state index contributed by atoms with van der Waals surface area (Å²) in [4.78, 5) is 40.2. The predicted molar refractivity (Wildman–Crippen MR) is 142 cm³/mol. The van der Waals surface area contributed by atoms with Gasteiger partial charge < -0.3 is 21.1 Å². The molecule has 0 bridgehead atoms. The summed E-state index contributed by atoms with van der Waals surface area (Å²) in [5, 5.41) is 17.7. The summed E-state index contributed by atoms with van der Waals surface area (Å²) < 4.78 is 13.2. The number of nitrogens with one attached hydrogen (secondary N) is 3. The molecule has 0 radical (unpaired) electrons. The molecule has 1 aromatic heterocycles. The van der Waals surface area contributed by atoms with Crippen LogP contribution in [0.5, 0.6) is 0 Å². The number of aromatic nitrogens is 1. The standard InChI is InChI=1S/C27H29FN4O4.Na.H/c1-18-11-13-30-24(14-18)29-12-3-6-25(33)31-17-26(34)32-23(16-27(35)36)21-5-2-4-20(15-21)19-7-9-22(28)10-8-19;;/h2,4-5,7-11,13-15,23H,3,6,12,16-17H2,1H3,(H,29,30)(H,31,33)(H,32,34)(H,35,36);;. The molecule has 1 heterocycles. The van der Waals surface area contributed by atoms with Crippen LogP contribution in [0.15, 0.2) is 66.9 Å². The first kappa shape index (κ1) is 30.0. The van der Waals surface area contributed by atoms with Crippen LogP contribution in [0, 0.1) is 12.7 Å². The molecule has 37 heavy (non-hydrogen) atoms. The van der Waals surface area contributed by atoms with Crippen LogP contribution in [-0.2, 0) is 14.4 Å². The van der Waals surface area contributed by atoms with E-state index in [-0.39, 0.29) is 60.7 Å². The molecule has 2 amide bonds. The molecule has 10 heteroatoms. The average molecular weight is 517 g/mol. The Hall–Kier alpha value is -3.27. The Labute approximate surface area is 237 Å². The van der Waals surface area contributed by atoms with E-state index >= 15 is 0 Å². The van der Waals surface area contributed by atoms with Crippen LogP contribution >= 0.6 is 0 Å². The second-order valence-corrected chi connectivity index (χ2v) is 8.38. The number of aliphatic carboxylic acids is 1. The molecule has 0 saturated carbocycles. The van der Waals surface area contributed by atoms with Crippen molar-refractivity contribution in [1.82, 2.24) is 15.6 Å². The molecule has 0 aliphatic heterocycles. The fraction of sp³-hybridized carbons (Fsp3) is 0.259. The molecule has 190 valence electrons. The van der Waals surface area contributed by atoms with Crippen molar-refractivity contribution >= 4 is 53.2 Å². The topological polar surface area (TPSA) is 120 Å². The minimum absolute atomic E-state index is 0. The molecule has 0 aliphatic carbocycles. The van der Waals surface area contributed by atoms with Crippen LogP contribution in [0.1, 0.15) is 36.4 Å². The van der Waals surface area contributed by atoms with Gasteiger partial charge in [0, 0.05) is 19.2 Å². The van der Waals surface area contributed by atoms with Gasteiger partial charge in [0.2, 0.25) is 11.8 Å². The average Bonchev–Trinajstić information content (AvgIpc) is 2.85. The van der Waals surface area contributed by atoms with Crippen LogP contribution in [0.3, 0.4) is 0 Å². The van der Waals surface area contributed by atoms with E-state index in [1.54, 1.807) is 36.5 Å². The van der Waals surface area contributed by atoms with Crippen LogP contribution < -0.4 is 16.0 Å². The summed E-state index contributed by atoms with van der Waals surface area (Å²) in [6, 6.07) is 16.0. The van der Waals surface area contributed by atoms with E-state index in [1.807, 2.05) is 25.1 Å². The summed E-state index contributed by atoms with van der Waals surface area (Å²) in [5.74, 6) is -1.47. The van der Waals surface area contributed by atoms with Gasteiger partial charge in [-0.15, -0.1) is 0 Å². The van der Waals surface area contributed by atoms with Crippen LogP contribution in [-0.4, -0.2) is 70.5 Å². The number of carboxylic acids is 1. The van der Waals surface area contributed by atoms with Gasteiger partial charge in [-0.1, -0.05) is 30.3 Å². The first-order valence-electron chi connectivity index (χ1n) is 11.6. The van der Waals surface area contributed by atoms with E-state index < -0.39 is 17.9 Å². The maximum atomic E-state index is 13.2. The van der Waals surface area contributed by atoms with Gasteiger partial charge in [0.25, 0.3) is 0 Å². The molecule has 1 atom stereocenters. The molecule has 0 aliphatic rings. The van der Waals surface area contributed by atoms with Gasteiger partial charge in [0.1, 0.15) is 11.6 Å². The van der Waals surface area contributed by atoms with Crippen LogP contribution in [0.4, 0.5) is 10.2 Å². The van der Waals surface area contributed by atoms with Crippen molar-refractivity contribution in [3.05, 3.63) is 83.8 Å². The monoisotopic (exact) mass is 516 g/mol. The number of carbonyl (C=O) groups excluding carboxylic acids is 2. The van der Waals surface area contributed by atoms with E-state index in [1.165, 1.54) is 12.1 Å². The molecule has 3 rings (SSSR count). The number of carbonyl (C=O) groups is 3. The Kier molecular flexibility index (Phi) is 12.2. The minimum atomic E-state index is -1.08. The fourth-order valence-corrected chi connectivity index (χ4v) is 3.62. The van der Waals surface area contributed by atoms with Crippen LogP contribution in [0.25, 0.3) is 11.1 Å². The SMILES string of the molecule is Cc1ccnc(NCCCC(=O)NCC(=O)NC(CC(=O)O)c2cccc(-c3ccc(F)cc3)c2)c1.[NaH]. The first-order chi connectivity index (χ1) is 17.3. The third-order valence-electron chi connectivity index (χ3n) is 5.43. The number of aryl methyl sites for hydroxylation is 1. The summed E-state index contributed by atoms with van der Waals surface area (Å²) in [7, 11) is 0. The molecule has 1 unspecified atom stereocenters. The second kappa shape index (κ2) is 15.1. The Morgan fingerprint density at radius 2 is 1.76 bits per heavy atom. The van der Waals surface area contributed by atoms with E-state index in [0.29, 0.717) is 18.5 Å². The number of carboxylic acid groups (broad SMARTS) is 1. The summed E-state index contributed by atoms with van der Waals surface area (Å²) in [5.41, 5.74) is 3.20. The summed E-state index contributed by atoms with van der Waals surface area (Å²) >= 11 is 0. The van der Waals surface area contributed by atoms with Crippen molar-refractivity contribution in [2.24, 2.45) is 0 Å². The summed E-state index contributed by atoms with van der Waals surface area (Å²) in [6.45, 7) is 2.26. The molecule has 8 nitrogen and oxygen atoms in total. The van der Waals surface area contributed by atoms with Gasteiger partial charge >= 0.3 is 35.5 Å². The molecule has 0 saturated heterocycles. The van der Waals surface area contributed by atoms with Gasteiger partial charge in [-0.25, -0.2) is 9.37 Å². The van der Waals surface area contributed by atoms with Crippen molar-refractivity contribution in [3.8, 4) is 11.1 Å². The Balaban J connectivity index is 0.00000481. The Morgan fingerprint density at radius 1 is 1.00 bits per heavy atom. The van der Waals surface area contributed by atoms with Gasteiger partial charge in [-0.05, 0) is 65.9 Å². The molecule has 0 spiro atoms. The van der Waals surface area contributed by atoms with E-state index in [2.05, 4.69) is 20.9 Å². The van der Waals surface area contributed by atoms with Crippen molar-refractivity contribution in [3.63, 3.8) is 0 Å². The van der Waals surface area contributed by atoms with E-state index in [4.69, 9.17) is 0 Å². The first-order valence-corrected chi connectivity index (χ1v) is 11.6. The van der Waals surface area contributed by atoms with Crippen molar-refractivity contribution < 1.29 is 23.9 Å². The zero-order valence-corrected chi connectivity index (χ0v) is 20.0.